The predicted molar refractivity (Wildman–Crippen MR) is 80.8 cm³/mol. The number of rotatable bonds is 1. The summed E-state index contributed by atoms with van der Waals surface area (Å²) < 4.78 is 0. The second kappa shape index (κ2) is 7.30. The van der Waals surface area contributed by atoms with Crippen LogP contribution in [0.25, 0.3) is 0 Å². The van der Waals surface area contributed by atoms with Crippen molar-refractivity contribution in [2.75, 3.05) is 0 Å². The minimum absolute atomic E-state index is 0.794. The second-order valence-electron chi connectivity index (χ2n) is 3.16. The summed E-state index contributed by atoms with van der Waals surface area (Å²) in [5, 5.41) is 1.63. The van der Waals surface area contributed by atoms with Gasteiger partial charge in [-0.05, 0) is 17.3 Å². The summed E-state index contributed by atoms with van der Waals surface area (Å²) in [6.45, 7) is 0. The van der Waals surface area contributed by atoms with Gasteiger partial charge in [0.25, 0.3) is 0 Å². The first-order valence-electron chi connectivity index (χ1n) is 4.83. The maximum Gasteiger partial charge on any atom is 0.372 e. The lowest BCUT2D eigenvalue weighted by atomic mass is 10.4. The Morgan fingerprint density at radius 3 is 1.29 bits per heavy atom. The van der Waals surface area contributed by atoms with E-state index in [1.807, 2.05) is 60.7 Å². The van der Waals surface area contributed by atoms with Crippen LogP contribution in [-0.4, -0.2) is 6.00 Å². The Morgan fingerprint density at radius 2 is 1.06 bits per heavy atom. The molecule has 0 N–H and O–H groups in total. The van der Waals surface area contributed by atoms with Crippen molar-refractivity contribution in [2.45, 2.75) is 0 Å². The highest BCUT2D eigenvalue weighted by atomic mass is 35.8. The van der Waals surface area contributed by atoms with E-state index in [0.29, 0.717) is 0 Å². The third-order valence-electron chi connectivity index (χ3n) is 1.83. The van der Waals surface area contributed by atoms with Crippen molar-refractivity contribution in [3.8, 4) is 0 Å². The Morgan fingerprint density at radius 1 is 0.647 bits per heavy atom. The minimum Gasteiger partial charge on any atom is -0.121 e. The fraction of sp³-hybridized carbons (Fsp3) is 0. The topological polar surface area (TPSA) is 0 Å². The normalized spacial score (nSPS) is 10.4. The van der Waals surface area contributed by atoms with Gasteiger partial charge in [-0.2, -0.15) is 0 Å². The van der Waals surface area contributed by atoms with E-state index in [0.717, 1.165) is 10.2 Å². The van der Waals surface area contributed by atoms with Crippen molar-refractivity contribution in [2.24, 2.45) is 0 Å². The summed E-state index contributed by atoms with van der Waals surface area (Å²) in [4.78, 5) is 0. The average Bonchev–Trinajstić information content (AvgIpc) is 2.31. The molecule has 0 nitrogen and oxygen atoms in total. The molecule has 0 saturated carbocycles. The monoisotopic (exact) mass is 322 g/mol. The molecule has 0 aliphatic carbocycles. The van der Waals surface area contributed by atoms with E-state index >= 15 is 0 Å². The van der Waals surface area contributed by atoms with E-state index in [4.69, 9.17) is 44.8 Å². The lowest BCUT2D eigenvalue weighted by Crippen LogP contribution is -2.29. The summed E-state index contributed by atoms with van der Waals surface area (Å²) in [5.74, 6) is 0. The minimum atomic E-state index is -2.62. The third-order valence-corrected chi connectivity index (χ3v) is 5.04. The summed E-state index contributed by atoms with van der Waals surface area (Å²) >= 11 is 22.7. The molecular formula is C12H10Cl4Si. The Balaban J connectivity index is 0.000000181. The Bertz CT molecular complexity index is 425. The fourth-order valence-electron chi connectivity index (χ4n) is 1.04. The molecule has 0 saturated heterocycles. The zero-order valence-electron chi connectivity index (χ0n) is 8.79. The van der Waals surface area contributed by atoms with Crippen LogP contribution >= 0.6 is 44.8 Å². The van der Waals surface area contributed by atoms with E-state index in [2.05, 4.69) is 0 Å². The highest BCUT2D eigenvalue weighted by molar-refractivity contribution is 7.69. The number of hydrogen-bond acceptors (Lipinski definition) is 0. The smallest absolute Gasteiger partial charge is 0.121 e. The molecule has 0 aromatic heterocycles. The van der Waals surface area contributed by atoms with Crippen molar-refractivity contribution in [1.82, 2.24) is 0 Å². The molecule has 5 heteroatoms. The first kappa shape index (κ1) is 14.9. The quantitative estimate of drug-likeness (QED) is 0.518. The predicted octanol–water partition coefficient (Wildman–Crippen LogP) is 4.89. The standard InChI is InChI=1S/C6H5Cl3Si.C6H5Cl/c7-10(8,9)6-4-2-1-3-5-6;7-6-4-2-1-3-5-6/h1-5H;1-5H. The van der Waals surface area contributed by atoms with Crippen LogP contribution in [-0.2, 0) is 0 Å². The van der Waals surface area contributed by atoms with E-state index in [1.54, 1.807) is 0 Å². The molecule has 2 rings (SSSR count). The van der Waals surface area contributed by atoms with Crippen LogP contribution in [0.3, 0.4) is 0 Å². The van der Waals surface area contributed by atoms with Crippen LogP contribution in [0.2, 0.25) is 5.02 Å². The third kappa shape index (κ3) is 6.34. The van der Waals surface area contributed by atoms with Gasteiger partial charge >= 0.3 is 6.00 Å². The van der Waals surface area contributed by atoms with E-state index in [1.165, 1.54) is 0 Å². The molecule has 0 spiro atoms. The van der Waals surface area contributed by atoms with E-state index in [-0.39, 0.29) is 0 Å². The maximum atomic E-state index is 5.73. The molecule has 0 heterocycles. The number of hydrogen-bond donors (Lipinski definition) is 0. The van der Waals surface area contributed by atoms with Gasteiger partial charge in [0.2, 0.25) is 0 Å². The van der Waals surface area contributed by atoms with Gasteiger partial charge in [0, 0.05) is 5.02 Å². The molecule has 0 radical (unpaired) electrons. The molecular weight excluding hydrogens is 314 g/mol. The van der Waals surface area contributed by atoms with Gasteiger partial charge in [0.1, 0.15) is 0 Å². The van der Waals surface area contributed by atoms with Crippen LogP contribution < -0.4 is 5.19 Å². The van der Waals surface area contributed by atoms with Gasteiger partial charge in [-0.25, -0.2) is 0 Å². The van der Waals surface area contributed by atoms with Crippen LogP contribution in [0.15, 0.2) is 60.7 Å². The van der Waals surface area contributed by atoms with Crippen LogP contribution in [0.1, 0.15) is 0 Å². The van der Waals surface area contributed by atoms with Crippen molar-refractivity contribution in [1.29, 1.82) is 0 Å². The molecule has 0 amide bonds. The molecule has 0 aliphatic rings. The Hall–Kier alpha value is -0.183. The van der Waals surface area contributed by atoms with Crippen LogP contribution in [0, 0.1) is 0 Å². The van der Waals surface area contributed by atoms with Crippen molar-refractivity contribution in [3.63, 3.8) is 0 Å². The number of benzene rings is 2. The van der Waals surface area contributed by atoms with E-state index < -0.39 is 6.00 Å². The first-order valence-corrected chi connectivity index (χ1v) is 10.2. The van der Waals surface area contributed by atoms with Gasteiger partial charge < -0.3 is 0 Å². The van der Waals surface area contributed by atoms with Crippen LogP contribution in [0.5, 0.6) is 0 Å². The lowest BCUT2D eigenvalue weighted by Gasteiger charge is -2.05. The molecule has 90 valence electrons. The molecule has 0 aliphatic heterocycles. The second-order valence-corrected chi connectivity index (χ2v) is 12.0. The van der Waals surface area contributed by atoms with Crippen molar-refractivity contribution >= 4 is 56.0 Å². The molecule has 0 atom stereocenters. The zero-order chi connectivity index (χ0) is 12.7. The molecule has 2 aromatic rings. The van der Waals surface area contributed by atoms with Gasteiger partial charge in [-0.1, -0.05) is 60.1 Å². The lowest BCUT2D eigenvalue weighted by molar-refractivity contribution is 1.71. The van der Waals surface area contributed by atoms with Gasteiger partial charge in [-0.15, -0.1) is 33.2 Å². The van der Waals surface area contributed by atoms with Crippen molar-refractivity contribution in [3.05, 3.63) is 65.7 Å². The van der Waals surface area contributed by atoms with Gasteiger partial charge in [-0.3, -0.25) is 0 Å². The Kier molecular flexibility index (Phi) is 6.38. The van der Waals surface area contributed by atoms with Gasteiger partial charge in [0.05, 0.1) is 0 Å². The number of halogens is 4. The molecule has 17 heavy (non-hydrogen) atoms. The van der Waals surface area contributed by atoms with Crippen molar-refractivity contribution < 1.29 is 0 Å². The SMILES string of the molecule is Cl[Si](Cl)(Cl)c1ccccc1.Clc1ccccc1. The largest absolute Gasteiger partial charge is 0.372 e. The molecule has 0 bridgehead atoms. The summed E-state index contributed by atoms with van der Waals surface area (Å²) in [6, 6.07) is 16.1. The molecule has 0 fully saturated rings. The van der Waals surface area contributed by atoms with E-state index in [9.17, 15) is 0 Å². The highest BCUT2D eigenvalue weighted by Crippen LogP contribution is 2.18. The summed E-state index contributed by atoms with van der Waals surface area (Å²) in [7, 11) is 0. The fourth-order valence-corrected chi connectivity index (χ4v) is 2.89. The Labute approximate surface area is 121 Å². The average molecular weight is 324 g/mol. The van der Waals surface area contributed by atoms with Crippen LogP contribution in [0.4, 0.5) is 0 Å². The maximum absolute atomic E-state index is 5.73. The first-order chi connectivity index (χ1) is 8.00. The van der Waals surface area contributed by atoms with Gasteiger partial charge in [0.15, 0.2) is 0 Å². The summed E-state index contributed by atoms with van der Waals surface area (Å²) in [5.41, 5.74) is 0. The molecule has 0 unspecified atom stereocenters. The summed E-state index contributed by atoms with van der Waals surface area (Å²) in [6.07, 6.45) is 0. The highest BCUT2D eigenvalue weighted by Gasteiger charge is 2.26. The zero-order valence-corrected chi connectivity index (χ0v) is 12.8. The molecule has 2 aromatic carbocycles.